The van der Waals surface area contributed by atoms with Crippen LogP contribution in [0.4, 0.5) is 4.39 Å². The SMILES string of the molecule is CCCCNC(=O)C(Cc1ccccc1)N(Cc1ccccc1F)C(=O)Cc1cccc(Cl)c1. The van der Waals surface area contributed by atoms with Gasteiger partial charge in [-0.2, -0.15) is 0 Å². The van der Waals surface area contributed by atoms with E-state index in [9.17, 15) is 14.0 Å². The molecule has 0 aliphatic carbocycles. The molecule has 0 aliphatic heterocycles. The average Bonchev–Trinajstić information content (AvgIpc) is 2.83. The lowest BCUT2D eigenvalue weighted by Gasteiger charge is -2.32. The number of nitrogens with zero attached hydrogens (tertiary/aromatic N) is 1. The highest BCUT2D eigenvalue weighted by molar-refractivity contribution is 6.30. The van der Waals surface area contributed by atoms with Crippen molar-refractivity contribution in [3.8, 4) is 0 Å². The molecule has 1 N–H and O–H groups in total. The van der Waals surface area contributed by atoms with Gasteiger partial charge in [0, 0.05) is 30.1 Å². The number of hydrogen-bond donors (Lipinski definition) is 1. The number of carbonyl (C=O) groups excluding carboxylic acids is 2. The number of carbonyl (C=O) groups is 2. The van der Waals surface area contributed by atoms with E-state index in [1.54, 1.807) is 36.4 Å². The van der Waals surface area contributed by atoms with E-state index < -0.39 is 11.9 Å². The summed E-state index contributed by atoms with van der Waals surface area (Å²) < 4.78 is 14.6. The molecule has 6 heteroatoms. The molecule has 3 rings (SSSR count). The lowest BCUT2D eigenvalue weighted by atomic mass is 10.0. The maximum absolute atomic E-state index is 14.6. The van der Waals surface area contributed by atoms with Gasteiger partial charge in [-0.3, -0.25) is 9.59 Å². The van der Waals surface area contributed by atoms with Crippen molar-refractivity contribution in [3.05, 3.63) is 106 Å². The predicted octanol–water partition coefficient (Wildman–Crippen LogP) is 5.58. The molecule has 4 nitrogen and oxygen atoms in total. The first-order valence-electron chi connectivity index (χ1n) is 11.6. The monoisotopic (exact) mass is 480 g/mol. The van der Waals surface area contributed by atoms with Gasteiger partial charge in [-0.25, -0.2) is 4.39 Å². The second-order valence-corrected chi connectivity index (χ2v) is 8.71. The quantitative estimate of drug-likeness (QED) is 0.364. The van der Waals surface area contributed by atoms with Gasteiger partial charge in [-0.05, 0) is 35.7 Å². The Bertz CT molecular complexity index is 1090. The first-order chi connectivity index (χ1) is 16.5. The first kappa shape index (κ1) is 25.4. The normalized spacial score (nSPS) is 11.6. The minimum atomic E-state index is -0.787. The lowest BCUT2D eigenvalue weighted by Crippen LogP contribution is -2.51. The van der Waals surface area contributed by atoms with E-state index in [4.69, 9.17) is 11.6 Å². The van der Waals surface area contributed by atoms with Crippen LogP contribution in [0.1, 0.15) is 36.5 Å². The Morgan fingerprint density at radius 2 is 1.68 bits per heavy atom. The van der Waals surface area contributed by atoms with Crippen LogP contribution in [0.15, 0.2) is 78.9 Å². The molecule has 3 aromatic rings. The number of benzene rings is 3. The number of hydrogen-bond acceptors (Lipinski definition) is 2. The predicted molar refractivity (Wildman–Crippen MR) is 134 cm³/mol. The van der Waals surface area contributed by atoms with Gasteiger partial charge in [-0.1, -0.05) is 85.6 Å². The van der Waals surface area contributed by atoms with Gasteiger partial charge in [0.1, 0.15) is 11.9 Å². The van der Waals surface area contributed by atoms with E-state index in [1.807, 2.05) is 43.3 Å². The van der Waals surface area contributed by atoms with E-state index in [0.29, 0.717) is 23.6 Å². The average molecular weight is 481 g/mol. The summed E-state index contributed by atoms with van der Waals surface area (Å²) >= 11 is 6.11. The Kier molecular flexibility index (Phi) is 9.65. The third-order valence-corrected chi connectivity index (χ3v) is 5.88. The van der Waals surface area contributed by atoms with Crippen LogP contribution < -0.4 is 5.32 Å². The third kappa shape index (κ3) is 7.42. The summed E-state index contributed by atoms with van der Waals surface area (Å²) in [5, 5.41) is 3.50. The minimum Gasteiger partial charge on any atom is -0.354 e. The van der Waals surface area contributed by atoms with Crippen molar-refractivity contribution in [2.24, 2.45) is 0 Å². The van der Waals surface area contributed by atoms with Crippen molar-refractivity contribution in [2.45, 2.75) is 45.2 Å². The molecule has 3 aromatic carbocycles. The van der Waals surface area contributed by atoms with E-state index >= 15 is 0 Å². The van der Waals surface area contributed by atoms with Crippen molar-refractivity contribution in [1.29, 1.82) is 0 Å². The van der Waals surface area contributed by atoms with Gasteiger partial charge >= 0.3 is 0 Å². The van der Waals surface area contributed by atoms with Gasteiger partial charge in [0.15, 0.2) is 0 Å². The fraction of sp³-hybridized carbons (Fsp3) is 0.286. The first-order valence-corrected chi connectivity index (χ1v) is 11.9. The van der Waals surface area contributed by atoms with Crippen LogP contribution in [0.3, 0.4) is 0 Å². The number of rotatable bonds is 11. The van der Waals surface area contributed by atoms with Gasteiger partial charge in [0.2, 0.25) is 11.8 Å². The summed E-state index contributed by atoms with van der Waals surface area (Å²) in [6.45, 7) is 2.56. The van der Waals surface area contributed by atoms with Crippen LogP contribution in [0.2, 0.25) is 5.02 Å². The standard InChI is InChI=1S/C28H30ClFN2O2/c1-2-3-16-31-28(34)26(18-21-10-5-4-6-11-21)32(20-23-13-7-8-15-25(23)30)27(33)19-22-12-9-14-24(29)17-22/h4-15,17,26H,2-3,16,18-20H2,1H3,(H,31,34). The largest absolute Gasteiger partial charge is 0.354 e. The Hall–Kier alpha value is -3.18. The number of nitrogens with one attached hydrogen (secondary N) is 1. The summed E-state index contributed by atoms with van der Waals surface area (Å²) in [6.07, 6.45) is 2.17. The van der Waals surface area contributed by atoms with Crippen LogP contribution in [0.5, 0.6) is 0 Å². The zero-order valence-corrected chi connectivity index (χ0v) is 20.1. The molecule has 0 spiro atoms. The summed E-state index contributed by atoms with van der Waals surface area (Å²) in [7, 11) is 0. The van der Waals surface area contributed by atoms with Gasteiger partial charge in [0.25, 0.3) is 0 Å². The molecule has 0 aromatic heterocycles. The maximum Gasteiger partial charge on any atom is 0.243 e. The van der Waals surface area contributed by atoms with Crippen LogP contribution >= 0.6 is 11.6 Å². The zero-order valence-electron chi connectivity index (χ0n) is 19.3. The van der Waals surface area contributed by atoms with Gasteiger partial charge < -0.3 is 10.2 Å². The molecule has 1 unspecified atom stereocenters. The molecule has 0 saturated carbocycles. The molecule has 178 valence electrons. The molecule has 1 atom stereocenters. The number of halogens is 2. The molecule has 0 saturated heterocycles. The topological polar surface area (TPSA) is 49.4 Å². The Labute approximate surface area is 205 Å². The summed E-state index contributed by atoms with van der Waals surface area (Å²) in [4.78, 5) is 28.4. The molecule has 0 radical (unpaired) electrons. The van der Waals surface area contributed by atoms with E-state index in [2.05, 4.69) is 5.32 Å². The Morgan fingerprint density at radius 1 is 0.971 bits per heavy atom. The highest BCUT2D eigenvalue weighted by atomic mass is 35.5. The second kappa shape index (κ2) is 12.9. The highest BCUT2D eigenvalue weighted by Crippen LogP contribution is 2.19. The minimum absolute atomic E-state index is 0.00916. The van der Waals surface area contributed by atoms with Crippen molar-refractivity contribution in [1.82, 2.24) is 10.2 Å². The third-order valence-electron chi connectivity index (χ3n) is 5.64. The molecule has 0 aliphatic rings. The van der Waals surface area contributed by atoms with E-state index in [0.717, 1.165) is 24.0 Å². The van der Waals surface area contributed by atoms with Crippen molar-refractivity contribution >= 4 is 23.4 Å². The van der Waals surface area contributed by atoms with E-state index in [-0.39, 0.29) is 24.8 Å². The molecule has 0 heterocycles. The molecular formula is C28H30ClFN2O2. The Morgan fingerprint density at radius 3 is 2.38 bits per heavy atom. The van der Waals surface area contributed by atoms with Crippen LogP contribution in [0, 0.1) is 5.82 Å². The van der Waals surface area contributed by atoms with Crippen LogP contribution in [-0.2, 0) is 29.0 Å². The van der Waals surface area contributed by atoms with Crippen molar-refractivity contribution < 1.29 is 14.0 Å². The smallest absolute Gasteiger partial charge is 0.243 e. The maximum atomic E-state index is 14.6. The number of amides is 2. The molecule has 2 amide bonds. The lowest BCUT2D eigenvalue weighted by molar-refractivity contribution is -0.140. The fourth-order valence-corrected chi connectivity index (χ4v) is 4.01. The Balaban J connectivity index is 1.95. The van der Waals surface area contributed by atoms with Crippen molar-refractivity contribution in [2.75, 3.05) is 6.54 Å². The van der Waals surface area contributed by atoms with Crippen molar-refractivity contribution in [3.63, 3.8) is 0 Å². The van der Waals surface area contributed by atoms with Crippen LogP contribution in [-0.4, -0.2) is 29.3 Å². The molecule has 0 fully saturated rings. The van der Waals surface area contributed by atoms with Gasteiger partial charge in [0.05, 0.1) is 6.42 Å². The molecule has 0 bridgehead atoms. The molecular weight excluding hydrogens is 451 g/mol. The van der Waals surface area contributed by atoms with E-state index in [1.165, 1.54) is 11.0 Å². The second-order valence-electron chi connectivity index (χ2n) is 8.27. The fourth-order valence-electron chi connectivity index (χ4n) is 3.79. The van der Waals surface area contributed by atoms with Gasteiger partial charge in [-0.15, -0.1) is 0 Å². The summed E-state index contributed by atoms with van der Waals surface area (Å²) in [6, 6.07) is 22.2. The van der Waals surface area contributed by atoms with Crippen LogP contribution in [0.25, 0.3) is 0 Å². The summed E-state index contributed by atoms with van der Waals surface area (Å²) in [5.74, 6) is -0.918. The zero-order chi connectivity index (χ0) is 24.3. The highest BCUT2D eigenvalue weighted by Gasteiger charge is 2.30. The number of unbranched alkanes of at least 4 members (excludes halogenated alkanes) is 1. The molecule has 34 heavy (non-hydrogen) atoms. The summed E-state index contributed by atoms with van der Waals surface area (Å²) in [5.41, 5.74) is 2.02.